The molecule has 0 aliphatic rings. The van der Waals surface area contributed by atoms with Gasteiger partial charge in [-0.1, -0.05) is 22.9 Å². The zero-order valence-electron chi connectivity index (χ0n) is 10.9. The molecule has 0 radical (unpaired) electrons. The number of thiazole rings is 1. The van der Waals surface area contributed by atoms with Crippen LogP contribution >= 0.6 is 22.9 Å². The van der Waals surface area contributed by atoms with Crippen molar-refractivity contribution in [2.75, 3.05) is 38.9 Å². The quantitative estimate of drug-likeness (QED) is 0.792. The van der Waals surface area contributed by atoms with Crippen molar-refractivity contribution in [3.63, 3.8) is 0 Å². The highest BCUT2D eigenvalue weighted by molar-refractivity contribution is 7.16. The molecule has 0 spiro atoms. The SMILES string of the molecule is COCCN(c1nc(Cl)c(CO)s1)C(C)COC. The Bertz CT molecular complexity index is 362. The minimum Gasteiger partial charge on any atom is -0.391 e. The van der Waals surface area contributed by atoms with Crippen molar-refractivity contribution in [1.82, 2.24) is 4.98 Å². The van der Waals surface area contributed by atoms with Crippen molar-refractivity contribution in [3.05, 3.63) is 10.0 Å². The summed E-state index contributed by atoms with van der Waals surface area (Å²) in [6.07, 6.45) is 0. The van der Waals surface area contributed by atoms with Crippen molar-refractivity contribution < 1.29 is 14.6 Å². The van der Waals surface area contributed by atoms with Gasteiger partial charge in [-0.25, -0.2) is 4.98 Å². The lowest BCUT2D eigenvalue weighted by Crippen LogP contribution is -2.38. The molecule has 1 aromatic heterocycles. The van der Waals surface area contributed by atoms with Crippen LogP contribution in [0.25, 0.3) is 0 Å². The number of ether oxygens (including phenoxy) is 2. The van der Waals surface area contributed by atoms with E-state index in [1.54, 1.807) is 14.2 Å². The van der Waals surface area contributed by atoms with Gasteiger partial charge >= 0.3 is 0 Å². The van der Waals surface area contributed by atoms with E-state index in [0.717, 1.165) is 5.13 Å². The molecule has 0 amide bonds. The molecule has 0 fully saturated rings. The largest absolute Gasteiger partial charge is 0.391 e. The van der Waals surface area contributed by atoms with Crippen LogP contribution in [0.3, 0.4) is 0 Å². The van der Waals surface area contributed by atoms with Gasteiger partial charge in [0.1, 0.15) is 5.15 Å². The Morgan fingerprint density at radius 1 is 1.44 bits per heavy atom. The van der Waals surface area contributed by atoms with E-state index in [4.69, 9.17) is 26.2 Å². The maximum atomic E-state index is 9.15. The molecule has 104 valence electrons. The van der Waals surface area contributed by atoms with E-state index in [9.17, 15) is 0 Å². The molecular weight excluding hydrogens is 276 g/mol. The van der Waals surface area contributed by atoms with Crippen molar-refractivity contribution in [2.24, 2.45) is 0 Å². The number of aromatic nitrogens is 1. The fourth-order valence-electron chi connectivity index (χ4n) is 1.57. The number of halogens is 1. The molecule has 1 heterocycles. The van der Waals surface area contributed by atoms with Gasteiger partial charge in [-0.05, 0) is 6.92 Å². The Labute approximate surface area is 116 Å². The molecule has 0 saturated heterocycles. The van der Waals surface area contributed by atoms with Gasteiger partial charge in [0, 0.05) is 20.8 Å². The fourth-order valence-corrected chi connectivity index (χ4v) is 2.81. The Kier molecular flexibility index (Phi) is 6.88. The lowest BCUT2D eigenvalue weighted by Gasteiger charge is -2.28. The number of hydrogen-bond donors (Lipinski definition) is 1. The number of anilines is 1. The Hall–Kier alpha value is -0.400. The van der Waals surface area contributed by atoms with Gasteiger partial charge in [0.2, 0.25) is 0 Å². The molecule has 0 aromatic carbocycles. The molecule has 18 heavy (non-hydrogen) atoms. The monoisotopic (exact) mass is 294 g/mol. The van der Waals surface area contributed by atoms with Crippen LogP contribution in [0.15, 0.2) is 0 Å². The third-order valence-corrected chi connectivity index (χ3v) is 4.01. The van der Waals surface area contributed by atoms with E-state index in [2.05, 4.69) is 9.88 Å². The van der Waals surface area contributed by atoms with E-state index in [1.807, 2.05) is 6.92 Å². The third-order valence-electron chi connectivity index (χ3n) is 2.50. The van der Waals surface area contributed by atoms with Crippen molar-refractivity contribution in [3.8, 4) is 0 Å². The van der Waals surface area contributed by atoms with Crippen LogP contribution in [-0.4, -0.2) is 50.1 Å². The highest BCUT2D eigenvalue weighted by atomic mass is 35.5. The zero-order valence-corrected chi connectivity index (χ0v) is 12.4. The molecule has 0 saturated carbocycles. The summed E-state index contributed by atoms with van der Waals surface area (Å²) < 4.78 is 10.3. The summed E-state index contributed by atoms with van der Waals surface area (Å²) in [5, 5.41) is 10.3. The second kappa shape index (κ2) is 7.91. The van der Waals surface area contributed by atoms with Crippen LogP contribution in [0.1, 0.15) is 11.8 Å². The average Bonchev–Trinajstić information content (AvgIpc) is 2.71. The van der Waals surface area contributed by atoms with Gasteiger partial charge in [0.25, 0.3) is 0 Å². The number of nitrogens with zero attached hydrogens (tertiary/aromatic N) is 2. The Morgan fingerprint density at radius 3 is 2.67 bits per heavy atom. The number of methoxy groups -OCH3 is 2. The van der Waals surface area contributed by atoms with Crippen molar-refractivity contribution >= 4 is 28.1 Å². The molecule has 1 unspecified atom stereocenters. The molecule has 0 aliphatic heterocycles. The summed E-state index contributed by atoms with van der Waals surface area (Å²) in [5.74, 6) is 0. The van der Waals surface area contributed by atoms with Gasteiger partial charge in [-0.2, -0.15) is 0 Å². The fraction of sp³-hybridized carbons (Fsp3) is 0.727. The molecule has 1 aromatic rings. The van der Waals surface area contributed by atoms with Gasteiger partial charge in [0.15, 0.2) is 5.13 Å². The molecule has 0 bridgehead atoms. The normalized spacial score (nSPS) is 12.7. The van der Waals surface area contributed by atoms with Crippen LogP contribution in [0.4, 0.5) is 5.13 Å². The standard InChI is InChI=1S/C11H19ClN2O3S/c1-8(7-17-3)14(4-5-16-2)11-13-10(12)9(6-15)18-11/h8,15H,4-7H2,1-3H3. The lowest BCUT2D eigenvalue weighted by atomic mass is 10.3. The number of hydrogen-bond acceptors (Lipinski definition) is 6. The summed E-state index contributed by atoms with van der Waals surface area (Å²) in [6.45, 7) is 3.85. The van der Waals surface area contributed by atoms with Crippen LogP contribution < -0.4 is 4.90 Å². The molecule has 1 N–H and O–H groups in total. The van der Waals surface area contributed by atoms with Crippen LogP contribution in [0.2, 0.25) is 5.15 Å². The number of rotatable bonds is 8. The maximum absolute atomic E-state index is 9.15. The highest BCUT2D eigenvalue weighted by Crippen LogP contribution is 2.30. The zero-order chi connectivity index (χ0) is 13.5. The minimum atomic E-state index is -0.0900. The summed E-state index contributed by atoms with van der Waals surface area (Å²) in [5.41, 5.74) is 0. The van der Waals surface area contributed by atoms with E-state index < -0.39 is 0 Å². The van der Waals surface area contributed by atoms with Gasteiger partial charge in [-0.3, -0.25) is 0 Å². The van der Waals surface area contributed by atoms with Gasteiger partial charge < -0.3 is 19.5 Å². The third kappa shape index (κ3) is 4.07. The van der Waals surface area contributed by atoms with Crippen LogP contribution in [0, 0.1) is 0 Å². The van der Waals surface area contributed by atoms with E-state index in [1.165, 1.54) is 11.3 Å². The van der Waals surface area contributed by atoms with Crippen LogP contribution in [0.5, 0.6) is 0 Å². The predicted molar refractivity (Wildman–Crippen MR) is 73.6 cm³/mol. The average molecular weight is 295 g/mol. The summed E-state index contributed by atoms with van der Waals surface area (Å²) in [4.78, 5) is 7.03. The molecule has 0 aliphatic carbocycles. The second-order valence-corrected chi connectivity index (χ2v) is 5.28. The smallest absolute Gasteiger partial charge is 0.187 e. The highest BCUT2D eigenvalue weighted by Gasteiger charge is 2.19. The molecule has 7 heteroatoms. The molecule has 1 rings (SSSR count). The summed E-state index contributed by atoms with van der Waals surface area (Å²) in [7, 11) is 3.33. The molecule has 5 nitrogen and oxygen atoms in total. The number of aliphatic hydroxyl groups is 1. The molecular formula is C11H19ClN2O3S. The maximum Gasteiger partial charge on any atom is 0.187 e. The van der Waals surface area contributed by atoms with Gasteiger partial charge in [-0.15, -0.1) is 0 Å². The Balaban J connectivity index is 2.85. The predicted octanol–water partition coefficient (Wildman–Crippen LogP) is 1.78. The van der Waals surface area contributed by atoms with Crippen molar-refractivity contribution in [1.29, 1.82) is 0 Å². The van der Waals surface area contributed by atoms with E-state index >= 15 is 0 Å². The van der Waals surface area contributed by atoms with Crippen LogP contribution in [-0.2, 0) is 16.1 Å². The van der Waals surface area contributed by atoms with Gasteiger partial charge in [0.05, 0.1) is 30.7 Å². The first-order valence-corrected chi connectivity index (χ1v) is 6.84. The number of aliphatic hydroxyl groups excluding tert-OH is 1. The van der Waals surface area contributed by atoms with Crippen molar-refractivity contribution in [2.45, 2.75) is 19.6 Å². The first kappa shape index (κ1) is 15.7. The summed E-state index contributed by atoms with van der Waals surface area (Å²) >= 11 is 7.35. The first-order chi connectivity index (χ1) is 8.63. The lowest BCUT2D eigenvalue weighted by molar-refractivity contribution is 0.171. The minimum absolute atomic E-state index is 0.0900. The first-order valence-electron chi connectivity index (χ1n) is 5.64. The Morgan fingerprint density at radius 2 is 2.17 bits per heavy atom. The second-order valence-electron chi connectivity index (χ2n) is 3.86. The topological polar surface area (TPSA) is 54.8 Å². The molecule has 1 atom stereocenters. The summed E-state index contributed by atoms with van der Waals surface area (Å²) in [6, 6.07) is 0.166. The van der Waals surface area contributed by atoms with E-state index in [0.29, 0.717) is 29.8 Å². The van der Waals surface area contributed by atoms with E-state index in [-0.39, 0.29) is 12.6 Å².